The van der Waals surface area contributed by atoms with Gasteiger partial charge in [-0.15, -0.1) is 12.4 Å². The average Bonchev–Trinajstić information content (AvgIpc) is 2.12. The van der Waals surface area contributed by atoms with Gasteiger partial charge in [0.25, 0.3) is 0 Å². The molecule has 0 amide bonds. The lowest BCUT2D eigenvalue weighted by molar-refractivity contribution is 0.100. The largest absolute Gasteiger partial charge is 0.397 e. The van der Waals surface area contributed by atoms with Crippen LogP contribution in [0.5, 0.6) is 0 Å². The summed E-state index contributed by atoms with van der Waals surface area (Å²) in [7, 11) is 0. The second kappa shape index (κ2) is 5.70. The number of anilines is 1. The molecule has 0 aliphatic rings. The van der Waals surface area contributed by atoms with E-state index in [1.165, 1.54) is 0 Å². The van der Waals surface area contributed by atoms with Crippen molar-refractivity contribution in [2.45, 2.75) is 0 Å². The number of carbonyl (C=O) groups is 1. The Hall–Kier alpha value is -0.100. The van der Waals surface area contributed by atoms with Crippen molar-refractivity contribution in [1.29, 1.82) is 0 Å². The highest BCUT2D eigenvalue weighted by Gasteiger charge is 2.08. The van der Waals surface area contributed by atoms with Crippen LogP contribution in [0.2, 0.25) is 0 Å². The summed E-state index contributed by atoms with van der Waals surface area (Å²) in [6.07, 6.45) is 0. The van der Waals surface area contributed by atoms with Gasteiger partial charge in [0.15, 0.2) is 5.78 Å². The quantitative estimate of drug-likeness (QED) is 0.639. The molecule has 0 saturated heterocycles. The molecule has 0 radical (unpaired) electrons. The number of Topliss-reactive ketones (excluding diaryl/α,β-unsaturated/α-hetero) is 1. The first kappa shape index (κ1) is 13.9. The fourth-order valence-corrected chi connectivity index (χ4v) is 2.05. The maximum atomic E-state index is 11.2. The van der Waals surface area contributed by atoms with E-state index in [1.54, 1.807) is 12.1 Å². The predicted molar refractivity (Wildman–Crippen MR) is 66.9 cm³/mol. The first-order chi connectivity index (χ1) is 6.06. The van der Waals surface area contributed by atoms with E-state index in [1.807, 2.05) is 0 Å². The maximum absolute atomic E-state index is 11.2. The smallest absolute Gasteiger partial charge is 0.176 e. The Morgan fingerprint density at radius 2 is 1.71 bits per heavy atom. The number of carbonyl (C=O) groups excluding carboxylic acids is 1. The number of hydrogen-bond acceptors (Lipinski definition) is 3. The molecule has 0 aromatic heterocycles. The molecule has 0 fully saturated rings. The monoisotopic (exact) mass is 342 g/mol. The molecular weight excluding hydrogens is 335 g/mol. The number of ketones is 1. The number of benzene rings is 1. The summed E-state index contributed by atoms with van der Waals surface area (Å²) in [4.78, 5) is 11.2. The highest BCUT2D eigenvalue weighted by Crippen LogP contribution is 2.29. The van der Waals surface area contributed by atoms with E-state index in [0.29, 0.717) is 20.2 Å². The molecule has 0 unspecified atom stereocenters. The van der Waals surface area contributed by atoms with Gasteiger partial charge in [0, 0.05) is 14.5 Å². The fraction of sp³-hybridized carbons (Fsp3) is 0.125. The van der Waals surface area contributed by atoms with Crippen LogP contribution in [-0.2, 0) is 0 Å². The van der Waals surface area contributed by atoms with Crippen molar-refractivity contribution in [3.63, 3.8) is 0 Å². The topological polar surface area (TPSA) is 69.1 Å². The van der Waals surface area contributed by atoms with Gasteiger partial charge in [-0.3, -0.25) is 4.79 Å². The predicted octanol–water partition coefficient (Wildman–Crippen LogP) is 2.36. The Kier molecular flexibility index (Phi) is 5.66. The van der Waals surface area contributed by atoms with Crippen LogP contribution in [-0.4, -0.2) is 12.3 Å². The Bertz CT molecular complexity index is 334. The molecule has 0 atom stereocenters. The number of nitrogen functional groups attached to an aromatic ring is 1. The summed E-state index contributed by atoms with van der Waals surface area (Å²) in [6, 6.07) is 3.32. The van der Waals surface area contributed by atoms with Crippen LogP contribution in [0.4, 0.5) is 5.69 Å². The third kappa shape index (κ3) is 2.95. The number of nitrogens with two attached hydrogens (primary N) is 2. The molecule has 0 aliphatic heterocycles. The van der Waals surface area contributed by atoms with Gasteiger partial charge in [-0.05, 0) is 44.0 Å². The maximum Gasteiger partial charge on any atom is 0.176 e. The molecule has 6 heteroatoms. The molecule has 0 saturated carbocycles. The van der Waals surface area contributed by atoms with E-state index >= 15 is 0 Å². The van der Waals surface area contributed by atoms with Gasteiger partial charge in [0.1, 0.15) is 0 Å². The Balaban J connectivity index is 0.00000169. The third-order valence-electron chi connectivity index (χ3n) is 1.59. The van der Waals surface area contributed by atoms with Crippen LogP contribution < -0.4 is 11.5 Å². The second-order valence-corrected chi connectivity index (χ2v) is 4.19. The minimum Gasteiger partial charge on any atom is -0.397 e. The Labute approximate surface area is 105 Å². The lowest BCUT2D eigenvalue weighted by atomic mass is 10.1. The van der Waals surface area contributed by atoms with E-state index in [2.05, 4.69) is 31.9 Å². The van der Waals surface area contributed by atoms with E-state index in [4.69, 9.17) is 11.5 Å². The fourth-order valence-electron chi connectivity index (χ4n) is 0.863. The molecule has 0 spiro atoms. The van der Waals surface area contributed by atoms with Crippen LogP contribution in [0.15, 0.2) is 21.1 Å². The van der Waals surface area contributed by atoms with Gasteiger partial charge >= 0.3 is 0 Å². The molecule has 0 bridgehead atoms. The van der Waals surface area contributed by atoms with Gasteiger partial charge in [-0.2, -0.15) is 0 Å². The van der Waals surface area contributed by atoms with Crippen molar-refractivity contribution in [3.05, 3.63) is 26.6 Å². The third-order valence-corrected chi connectivity index (χ3v) is 2.90. The van der Waals surface area contributed by atoms with E-state index < -0.39 is 0 Å². The van der Waals surface area contributed by atoms with Crippen molar-refractivity contribution in [2.75, 3.05) is 12.3 Å². The van der Waals surface area contributed by atoms with Crippen molar-refractivity contribution in [1.82, 2.24) is 0 Å². The summed E-state index contributed by atoms with van der Waals surface area (Å²) in [5.41, 5.74) is 12.0. The number of hydrogen-bond donors (Lipinski definition) is 2. The van der Waals surface area contributed by atoms with Crippen LogP contribution >= 0.6 is 44.3 Å². The average molecular weight is 344 g/mol. The second-order valence-electron chi connectivity index (χ2n) is 2.48. The van der Waals surface area contributed by atoms with Gasteiger partial charge in [-0.25, -0.2) is 0 Å². The normalized spacial score (nSPS) is 9.36. The van der Waals surface area contributed by atoms with Gasteiger partial charge in [0.2, 0.25) is 0 Å². The van der Waals surface area contributed by atoms with Gasteiger partial charge in [0.05, 0.1) is 12.2 Å². The van der Waals surface area contributed by atoms with E-state index in [0.717, 1.165) is 0 Å². The molecule has 4 N–H and O–H groups in total. The van der Waals surface area contributed by atoms with Crippen molar-refractivity contribution in [3.8, 4) is 0 Å². The SMILES string of the molecule is Cl.NCC(=O)c1cc(Br)c(N)c(Br)c1. The van der Waals surface area contributed by atoms with Crippen LogP contribution in [0.3, 0.4) is 0 Å². The number of rotatable bonds is 2. The summed E-state index contributed by atoms with van der Waals surface area (Å²) >= 11 is 6.49. The zero-order valence-corrected chi connectivity index (χ0v) is 11.1. The van der Waals surface area contributed by atoms with Crippen molar-refractivity contribution < 1.29 is 4.79 Å². The molecule has 14 heavy (non-hydrogen) atoms. The molecule has 1 aromatic carbocycles. The summed E-state index contributed by atoms with van der Waals surface area (Å²) in [6.45, 7) is 0.00278. The molecule has 3 nitrogen and oxygen atoms in total. The lowest BCUT2D eigenvalue weighted by Crippen LogP contribution is -2.13. The Morgan fingerprint density at radius 3 is 2.07 bits per heavy atom. The van der Waals surface area contributed by atoms with Gasteiger partial charge in [-0.1, -0.05) is 0 Å². The van der Waals surface area contributed by atoms with Crippen LogP contribution in [0.1, 0.15) is 10.4 Å². The first-order valence-corrected chi connectivity index (χ1v) is 5.12. The van der Waals surface area contributed by atoms with Crippen molar-refractivity contribution in [2.24, 2.45) is 5.73 Å². The highest BCUT2D eigenvalue weighted by atomic mass is 79.9. The van der Waals surface area contributed by atoms with Crippen LogP contribution in [0.25, 0.3) is 0 Å². The summed E-state index contributed by atoms with van der Waals surface area (Å²) in [5.74, 6) is -0.110. The molecular formula is C8H9Br2ClN2O. The van der Waals surface area contributed by atoms with E-state index in [9.17, 15) is 4.79 Å². The minimum atomic E-state index is -0.110. The highest BCUT2D eigenvalue weighted by molar-refractivity contribution is 9.11. The summed E-state index contributed by atoms with van der Waals surface area (Å²) in [5, 5.41) is 0. The van der Waals surface area contributed by atoms with Gasteiger partial charge < -0.3 is 11.5 Å². The molecule has 78 valence electrons. The van der Waals surface area contributed by atoms with E-state index in [-0.39, 0.29) is 24.7 Å². The number of halogens is 3. The molecule has 0 heterocycles. The Morgan fingerprint density at radius 1 is 1.29 bits per heavy atom. The zero-order valence-electron chi connectivity index (χ0n) is 7.09. The standard InChI is InChI=1S/C8H8Br2N2O.ClH/c9-5-1-4(7(13)3-11)2-6(10)8(5)12;/h1-2H,3,11-12H2;1H. The molecule has 1 aromatic rings. The minimum absolute atomic E-state index is 0. The molecule has 0 aliphatic carbocycles. The first-order valence-electron chi connectivity index (χ1n) is 3.54. The van der Waals surface area contributed by atoms with Crippen LogP contribution in [0, 0.1) is 0 Å². The molecule has 1 rings (SSSR count). The summed E-state index contributed by atoms with van der Waals surface area (Å²) < 4.78 is 1.39. The zero-order chi connectivity index (χ0) is 10.0. The lowest BCUT2D eigenvalue weighted by Gasteiger charge is -2.04. The van der Waals surface area contributed by atoms with Crippen molar-refractivity contribution >= 4 is 55.7 Å².